The van der Waals surface area contributed by atoms with Crippen LogP contribution in [-0.4, -0.2) is 50.1 Å². The Labute approximate surface area is 146 Å². The zero-order valence-corrected chi connectivity index (χ0v) is 14.8. The number of amides is 3. The van der Waals surface area contributed by atoms with Gasteiger partial charge in [0.25, 0.3) is 0 Å². The van der Waals surface area contributed by atoms with E-state index in [0.29, 0.717) is 31.5 Å². The van der Waals surface area contributed by atoms with Crippen LogP contribution in [0.5, 0.6) is 0 Å². The molecule has 133 valence electrons. The number of primary amides is 1. The highest BCUT2D eigenvalue weighted by molar-refractivity contribution is 7.92. The molecule has 1 radical (unpaired) electrons. The zero-order valence-electron chi connectivity index (χ0n) is 13.9. The van der Waals surface area contributed by atoms with Crippen LogP contribution in [0.1, 0.15) is 24.8 Å². The van der Waals surface area contributed by atoms with Gasteiger partial charge in [0.2, 0.25) is 5.91 Å². The van der Waals surface area contributed by atoms with Gasteiger partial charge in [-0.25, -0.2) is 13.2 Å². The molecule has 3 aliphatic rings. The summed E-state index contributed by atoms with van der Waals surface area (Å²) in [6.07, 6.45) is 4.98. The fourth-order valence-electron chi connectivity index (χ4n) is 4.06. The number of hydrogen-bond donors (Lipinski definition) is 1. The van der Waals surface area contributed by atoms with Gasteiger partial charge in [0.1, 0.15) is 5.54 Å². The molecule has 1 atom stereocenters. The van der Waals surface area contributed by atoms with Crippen molar-refractivity contribution in [2.75, 3.05) is 24.2 Å². The third-order valence-electron chi connectivity index (χ3n) is 5.72. The lowest BCUT2D eigenvalue weighted by molar-refractivity contribution is -0.124. The number of anilines is 1. The molecule has 0 spiro atoms. The minimum Gasteiger partial charge on any atom is -0.368 e. The molecule has 2 heterocycles. The average Bonchev–Trinajstić information content (AvgIpc) is 3.19. The number of carbonyl (C=O) groups excluding carboxylic acids is 2. The molecule has 7 nitrogen and oxygen atoms in total. The SMILES string of the molecule is CS(=O)(=O)C1(c2ccc(N3C[C@@]4(C(N)=O)[CH]CCN4C3=O)cc2)CC1. The Kier molecular flexibility index (Phi) is 3.26. The van der Waals surface area contributed by atoms with Crippen LogP contribution in [0.4, 0.5) is 10.5 Å². The molecule has 1 aromatic rings. The van der Waals surface area contributed by atoms with E-state index in [0.717, 1.165) is 5.56 Å². The quantitative estimate of drug-likeness (QED) is 0.856. The minimum atomic E-state index is -3.18. The van der Waals surface area contributed by atoms with Gasteiger partial charge >= 0.3 is 6.03 Å². The van der Waals surface area contributed by atoms with Crippen molar-refractivity contribution in [1.82, 2.24) is 4.90 Å². The second-order valence-corrected chi connectivity index (χ2v) is 9.44. The molecule has 2 aliphatic heterocycles. The van der Waals surface area contributed by atoms with Gasteiger partial charge in [-0.05, 0) is 37.0 Å². The highest BCUT2D eigenvalue weighted by Gasteiger charge is 2.57. The fraction of sp³-hybridized carbons (Fsp3) is 0.471. The summed E-state index contributed by atoms with van der Waals surface area (Å²) in [6, 6.07) is 6.77. The van der Waals surface area contributed by atoms with Gasteiger partial charge in [-0.2, -0.15) is 0 Å². The van der Waals surface area contributed by atoms with E-state index in [1.54, 1.807) is 24.3 Å². The second-order valence-electron chi connectivity index (χ2n) is 7.11. The maximum absolute atomic E-state index is 12.7. The first kappa shape index (κ1) is 16.4. The molecular formula is C17H20N3O4S. The van der Waals surface area contributed by atoms with E-state index < -0.39 is 26.0 Å². The lowest BCUT2D eigenvalue weighted by atomic mass is 9.96. The van der Waals surface area contributed by atoms with Crippen molar-refractivity contribution in [2.45, 2.75) is 29.5 Å². The highest BCUT2D eigenvalue weighted by atomic mass is 32.2. The van der Waals surface area contributed by atoms with Crippen LogP contribution >= 0.6 is 0 Å². The molecule has 4 rings (SSSR count). The number of sulfone groups is 1. The summed E-state index contributed by atoms with van der Waals surface area (Å²) in [5.41, 5.74) is 5.91. The number of fused-ring (bicyclic) bond motifs is 1. The van der Waals surface area contributed by atoms with Crippen molar-refractivity contribution in [3.63, 3.8) is 0 Å². The van der Waals surface area contributed by atoms with E-state index >= 15 is 0 Å². The summed E-state index contributed by atoms with van der Waals surface area (Å²) in [7, 11) is -3.18. The van der Waals surface area contributed by atoms with Crippen LogP contribution < -0.4 is 10.6 Å². The standard InChI is InChI=1S/C17H20N3O4S/c1-25(23,24)17(8-9-17)12-3-5-13(6-4-12)19-11-16(14(18)21)7-2-10-20(16)15(19)22/h3-7H,2,8-11H2,1H3,(H2,18,21)/t16-/m1/s1. The van der Waals surface area contributed by atoms with Crippen LogP contribution in [0.2, 0.25) is 0 Å². The Morgan fingerprint density at radius 1 is 1.20 bits per heavy atom. The van der Waals surface area contributed by atoms with Crippen molar-refractivity contribution in [3.8, 4) is 0 Å². The van der Waals surface area contributed by atoms with E-state index in [1.807, 2.05) is 6.42 Å². The molecule has 0 unspecified atom stereocenters. The Balaban J connectivity index is 1.64. The van der Waals surface area contributed by atoms with Crippen LogP contribution in [-0.2, 0) is 19.4 Å². The van der Waals surface area contributed by atoms with E-state index in [9.17, 15) is 18.0 Å². The molecule has 0 bridgehead atoms. The molecule has 25 heavy (non-hydrogen) atoms. The largest absolute Gasteiger partial charge is 0.368 e. The normalized spacial score (nSPS) is 27.5. The van der Waals surface area contributed by atoms with Gasteiger partial charge in [0.05, 0.1) is 11.3 Å². The number of hydrogen-bond acceptors (Lipinski definition) is 4. The number of urea groups is 1. The summed E-state index contributed by atoms with van der Waals surface area (Å²) < 4.78 is 23.3. The summed E-state index contributed by atoms with van der Waals surface area (Å²) in [6.45, 7) is 0.672. The number of nitrogens with zero attached hydrogens (tertiary/aromatic N) is 2. The second kappa shape index (κ2) is 4.97. The van der Waals surface area contributed by atoms with Crippen molar-refractivity contribution in [2.24, 2.45) is 5.73 Å². The Hall–Kier alpha value is -2.09. The maximum atomic E-state index is 12.7. The van der Waals surface area contributed by atoms with Gasteiger partial charge in [-0.1, -0.05) is 12.1 Å². The summed E-state index contributed by atoms with van der Waals surface area (Å²) in [5, 5.41) is 0. The first-order valence-corrected chi connectivity index (χ1v) is 10.1. The Morgan fingerprint density at radius 3 is 2.32 bits per heavy atom. The molecule has 2 N–H and O–H groups in total. The first-order chi connectivity index (χ1) is 11.7. The van der Waals surface area contributed by atoms with Gasteiger partial charge in [-0.3, -0.25) is 9.69 Å². The van der Waals surface area contributed by atoms with Gasteiger partial charge in [-0.15, -0.1) is 0 Å². The van der Waals surface area contributed by atoms with Crippen LogP contribution in [0.3, 0.4) is 0 Å². The number of benzene rings is 1. The first-order valence-electron chi connectivity index (χ1n) is 8.25. The number of nitrogens with two attached hydrogens (primary N) is 1. The maximum Gasteiger partial charge on any atom is 0.325 e. The third kappa shape index (κ3) is 2.13. The molecular weight excluding hydrogens is 342 g/mol. The lowest BCUT2D eigenvalue weighted by Gasteiger charge is -2.25. The summed E-state index contributed by atoms with van der Waals surface area (Å²) in [5.74, 6) is -0.522. The molecule has 2 saturated heterocycles. The summed E-state index contributed by atoms with van der Waals surface area (Å²) in [4.78, 5) is 27.7. The number of carbonyl (C=O) groups is 2. The molecule has 0 aromatic heterocycles. The molecule has 1 saturated carbocycles. The Morgan fingerprint density at radius 2 is 1.84 bits per heavy atom. The zero-order chi connectivity index (χ0) is 18.0. The molecule has 3 amide bonds. The van der Waals surface area contributed by atoms with Crippen LogP contribution in [0.15, 0.2) is 24.3 Å². The topological polar surface area (TPSA) is 101 Å². The Bertz CT molecular complexity index is 860. The van der Waals surface area contributed by atoms with E-state index in [-0.39, 0.29) is 12.6 Å². The van der Waals surface area contributed by atoms with Crippen molar-refractivity contribution < 1.29 is 18.0 Å². The average molecular weight is 362 g/mol. The third-order valence-corrected chi connectivity index (χ3v) is 7.79. The van der Waals surface area contributed by atoms with Gasteiger partial charge in [0, 0.05) is 24.9 Å². The van der Waals surface area contributed by atoms with Gasteiger partial charge < -0.3 is 10.6 Å². The van der Waals surface area contributed by atoms with Crippen molar-refractivity contribution in [1.29, 1.82) is 0 Å². The molecule has 8 heteroatoms. The predicted molar refractivity (Wildman–Crippen MR) is 92.5 cm³/mol. The monoisotopic (exact) mass is 362 g/mol. The smallest absolute Gasteiger partial charge is 0.325 e. The highest BCUT2D eigenvalue weighted by Crippen LogP contribution is 2.52. The molecule has 3 fully saturated rings. The van der Waals surface area contributed by atoms with Crippen molar-refractivity contribution >= 4 is 27.5 Å². The molecule has 1 aliphatic carbocycles. The fourth-order valence-corrected chi connectivity index (χ4v) is 5.47. The number of rotatable bonds is 4. The lowest BCUT2D eigenvalue weighted by Crippen LogP contribution is -2.53. The van der Waals surface area contributed by atoms with Crippen LogP contribution in [0, 0.1) is 6.42 Å². The minimum absolute atomic E-state index is 0.192. The van der Waals surface area contributed by atoms with E-state index in [4.69, 9.17) is 5.73 Å². The van der Waals surface area contributed by atoms with Crippen LogP contribution in [0.25, 0.3) is 0 Å². The van der Waals surface area contributed by atoms with E-state index in [2.05, 4.69) is 0 Å². The van der Waals surface area contributed by atoms with E-state index in [1.165, 1.54) is 16.1 Å². The van der Waals surface area contributed by atoms with Gasteiger partial charge in [0.15, 0.2) is 9.84 Å². The predicted octanol–water partition coefficient (Wildman–Crippen LogP) is 0.794. The molecule has 1 aromatic carbocycles. The van der Waals surface area contributed by atoms with Crippen molar-refractivity contribution in [3.05, 3.63) is 36.2 Å². The summed E-state index contributed by atoms with van der Waals surface area (Å²) >= 11 is 0.